The van der Waals surface area contributed by atoms with Crippen molar-refractivity contribution in [2.75, 3.05) is 6.61 Å². The van der Waals surface area contributed by atoms with Crippen molar-refractivity contribution in [3.8, 4) is 5.75 Å². The summed E-state index contributed by atoms with van der Waals surface area (Å²) in [6.45, 7) is 1.80. The Morgan fingerprint density at radius 1 is 1.28 bits per heavy atom. The Labute approximate surface area is 168 Å². The Balaban J connectivity index is 1.25. The normalized spacial score (nSPS) is 22.0. The number of amides is 1. The fraction of sp³-hybridized carbons (Fsp3) is 0.304. The molecular formula is C23H22FN3O2. The second-order valence-electron chi connectivity index (χ2n) is 7.92. The summed E-state index contributed by atoms with van der Waals surface area (Å²) in [5.41, 5.74) is 2.78. The van der Waals surface area contributed by atoms with Crippen LogP contribution in [0.5, 0.6) is 5.75 Å². The molecule has 5 rings (SSSR count). The van der Waals surface area contributed by atoms with Gasteiger partial charge in [0.2, 0.25) is 5.91 Å². The van der Waals surface area contributed by atoms with E-state index in [2.05, 4.69) is 22.4 Å². The van der Waals surface area contributed by atoms with Gasteiger partial charge in [-0.25, -0.2) is 9.37 Å². The number of halogens is 1. The molecule has 2 atom stereocenters. The molecule has 1 amide bonds. The van der Waals surface area contributed by atoms with Crippen LogP contribution in [0, 0.1) is 11.7 Å². The number of imidazole rings is 1. The Morgan fingerprint density at radius 2 is 2.17 bits per heavy atom. The first kappa shape index (κ1) is 17.9. The molecule has 0 bridgehead atoms. The summed E-state index contributed by atoms with van der Waals surface area (Å²) >= 11 is 0. The van der Waals surface area contributed by atoms with E-state index < -0.39 is 0 Å². The van der Waals surface area contributed by atoms with Gasteiger partial charge in [0, 0.05) is 42.4 Å². The maximum atomic E-state index is 13.8. The van der Waals surface area contributed by atoms with E-state index >= 15 is 0 Å². The predicted molar refractivity (Wildman–Crippen MR) is 106 cm³/mol. The first-order valence-electron chi connectivity index (χ1n) is 9.88. The van der Waals surface area contributed by atoms with E-state index in [1.54, 1.807) is 18.6 Å². The fourth-order valence-electron chi connectivity index (χ4n) is 4.46. The smallest absolute Gasteiger partial charge is 0.224 e. The molecule has 5 nitrogen and oxygen atoms in total. The van der Waals surface area contributed by atoms with Crippen LogP contribution in [-0.4, -0.2) is 22.1 Å². The average Bonchev–Trinajstić information content (AvgIpc) is 3.20. The Kier molecular flexibility index (Phi) is 4.34. The Hall–Kier alpha value is -3.15. The number of nitrogens with zero attached hydrogens (tertiary/aromatic N) is 2. The highest BCUT2D eigenvalue weighted by molar-refractivity contribution is 5.84. The van der Waals surface area contributed by atoms with E-state index in [0.29, 0.717) is 18.9 Å². The van der Waals surface area contributed by atoms with Gasteiger partial charge in [0.05, 0.1) is 12.9 Å². The maximum absolute atomic E-state index is 13.8. The molecule has 1 aromatic heterocycles. The number of carbonyl (C=O) groups is 1. The molecule has 2 aromatic carbocycles. The average molecular weight is 391 g/mol. The molecule has 1 aliphatic heterocycles. The molecule has 2 heterocycles. The summed E-state index contributed by atoms with van der Waals surface area (Å²) in [4.78, 5) is 16.9. The van der Waals surface area contributed by atoms with Crippen molar-refractivity contribution < 1.29 is 13.9 Å². The van der Waals surface area contributed by atoms with Gasteiger partial charge in [-0.1, -0.05) is 24.3 Å². The lowest BCUT2D eigenvalue weighted by Gasteiger charge is -2.26. The Bertz CT molecular complexity index is 1050. The highest BCUT2D eigenvalue weighted by Crippen LogP contribution is 2.60. The molecule has 0 unspecified atom stereocenters. The molecule has 6 heteroatoms. The molecule has 3 aromatic rings. The number of rotatable bonds is 5. The number of ether oxygens (including phenoxy) is 1. The summed E-state index contributed by atoms with van der Waals surface area (Å²) < 4.78 is 21.4. The summed E-state index contributed by atoms with van der Waals surface area (Å²) in [5.74, 6) is 0.331. The minimum atomic E-state index is -0.283. The van der Waals surface area contributed by atoms with Crippen molar-refractivity contribution in [1.82, 2.24) is 14.9 Å². The zero-order valence-electron chi connectivity index (χ0n) is 16.0. The van der Waals surface area contributed by atoms with Gasteiger partial charge in [0.25, 0.3) is 0 Å². The van der Waals surface area contributed by atoms with E-state index in [4.69, 9.17) is 4.74 Å². The van der Waals surface area contributed by atoms with Crippen LogP contribution in [0.15, 0.2) is 61.2 Å². The van der Waals surface area contributed by atoms with E-state index in [0.717, 1.165) is 36.1 Å². The quantitative estimate of drug-likeness (QED) is 0.725. The first-order valence-corrected chi connectivity index (χ1v) is 9.88. The zero-order valence-corrected chi connectivity index (χ0v) is 16.0. The Morgan fingerprint density at radius 3 is 3.03 bits per heavy atom. The van der Waals surface area contributed by atoms with Crippen molar-refractivity contribution in [3.05, 3.63) is 83.7 Å². The van der Waals surface area contributed by atoms with Crippen molar-refractivity contribution in [2.24, 2.45) is 5.92 Å². The van der Waals surface area contributed by atoms with Crippen LogP contribution in [0.4, 0.5) is 4.39 Å². The van der Waals surface area contributed by atoms with E-state index in [-0.39, 0.29) is 23.1 Å². The molecule has 1 saturated carbocycles. The number of hydrogen-bond donors (Lipinski definition) is 1. The van der Waals surface area contributed by atoms with Gasteiger partial charge in [-0.15, -0.1) is 0 Å². The third-order valence-corrected chi connectivity index (χ3v) is 6.06. The summed E-state index contributed by atoms with van der Waals surface area (Å²) in [7, 11) is 0. The number of nitrogens with one attached hydrogen (secondary N) is 1. The molecule has 1 N–H and O–H groups in total. The van der Waals surface area contributed by atoms with Gasteiger partial charge in [0.15, 0.2) is 0 Å². The molecule has 1 aliphatic carbocycles. The zero-order chi connectivity index (χ0) is 19.8. The van der Waals surface area contributed by atoms with Gasteiger partial charge in [-0.05, 0) is 42.2 Å². The third kappa shape index (κ3) is 3.39. The number of hydrogen-bond acceptors (Lipinski definition) is 3. The lowest BCUT2D eigenvalue weighted by molar-refractivity contribution is -0.123. The molecule has 29 heavy (non-hydrogen) atoms. The molecule has 1 fully saturated rings. The monoisotopic (exact) mass is 391 g/mol. The van der Waals surface area contributed by atoms with Gasteiger partial charge in [-0.2, -0.15) is 0 Å². The van der Waals surface area contributed by atoms with Crippen LogP contribution >= 0.6 is 0 Å². The highest BCUT2D eigenvalue weighted by atomic mass is 19.1. The second-order valence-corrected chi connectivity index (χ2v) is 7.92. The van der Waals surface area contributed by atoms with Crippen molar-refractivity contribution in [1.29, 1.82) is 0 Å². The minimum absolute atomic E-state index is 0.0297. The van der Waals surface area contributed by atoms with Crippen LogP contribution < -0.4 is 10.1 Å². The lowest BCUT2D eigenvalue weighted by atomic mass is 9.87. The molecule has 1 spiro atoms. The van der Waals surface area contributed by atoms with Gasteiger partial charge >= 0.3 is 0 Å². The van der Waals surface area contributed by atoms with Crippen LogP contribution in [0.3, 0.4) is 0 Å². The van der Waals surface area contributed by atoms with Crippen molar-refractivity contribution in [3.63, 3.8) is 0 Å². The van der Waals surface area contributed by atoms with Crippen molar-refractivity contribution in [2.45, 2.75) is 31.3 Å². The lowest BCUT2D eigenvalue weighted by Crippen LogP contribution is -2.30. The first-order chi connectivity index (χ1) is 14.1. The van der Waals surface area contributed by atoms with Gasteiger partial charge in [0.1, 0.15) is 11.6 Å². The molecule has 0 radical (unpaired) electrons. The third-order valence-electron chi connectivity index (χ3n) is 6.06. The SMILES string of the molecule is O=C(NCc1cccc(Cn2ccnc2)c1)[C@H]1C[C@@]12CCOc1ccc(F)cc12. The van der Waals surface area contributed by atoms with Crippen LogP contribution in [0.2, 0.25) is 0 Å². The second kappa shape index (κ2) is 7.03. The summed E-state index contributed by atoms with van der Waals surface area (Å²) in [5, 5.41) is 3.07. The highest BCUT2D eigenvalue weighted by Gasteiger charge is 2.61. The van der Waals surface area contributed by atoms with Crippen LogP contribution in [-0.2, 0) is 23.3 Å². The fourth-order valence-corrected chi connectivity index (χ4v) is 4.46. The van der Waals surface area contributed by atoms with E-state index in [1.807, 2.05) is 22.9 Å². The molecule has 0 saturated heterocycles. The standard InChI is InChI=1S/C23H22FN3O2/c24-18-4-5-21-19(11-18)23(6-9-29-21)12-20(23)22(28)26-13-16-2-1-3-17(10-16)14-27-8-7-25-15-27/h1-5,7-8,10-11,15,20H,6,9,12-14H2,(H,26,28)/t20-,23-/m1/s1. The summed E-state index contributed by atoms with van der Waals surface area (Å²) in [6, 6.07) is 12.8. The largest absolute Gasteiger partial charge is 0.493 e. The predicted octanol–water partition coefficient (Wildman–Crippen LogP) is 3.43. The van der Waals surface area contributed by atoms with Crippen LogP contribution in [0.25, 0.3) is 0 Å². The van der Waals surface area contributed by atoms with Crippen molar-refractivity contribution >= 4 is 5.91 Å². The number of fused-ring (bicyclic) bond motifs is 2. The summed E-state index contributed by atoms with van der Waals surface area (Å²) in [6.07, 6.45) is 6.97. The van der Waals surface area contributed by atoms with Crippen LogP contribution in [0.1, 0.15) is 29.5 Å². The number of aromatic nitrogens is 2. The molecular weight excluding hydrogens is 369 g/mol. The molecule has 148 valence electrons. The van der Waals surface area contributed by atoms with E-state index in [1.165, 1.54) is 12.1 Å². The topological polar surface area (TPSA) is 56.2 Å². The number of carbonyl (C=O) groups excluding carboxylic acids is 1. The maximum Gasteiger partial charge on any atom is 0.224 e. The molecule has 2 aliphatic rings. The number of benzene rings is 2. The van der Waals surface area contributed by atoms with Gasteiger partial charge < -0.3 is 14.6 Å². The van der Waals surface area contributed by atoms with Gasteiger partial charge in [-0.3, -0.25) is 4.79 Å². The van der Waals surface area contributed by atoms with E-state index in [9.17, 15) is 9.18 Å². The minimum Gasteiger partial charge on any atom is -0.493 e.